The summed E-state index contributed by atoms with van der Waals surface area (Å²) in [5.74, 6) is 1.20. The molecule has 2 aliphatic rings. The molecule has 4 aromatic carbocycles. The summed E-state index contributed by atoms with van der Waals surface area (Å²) in [6.07, 6.45) is 10.8. The van der Waals surface area contributed by atoms with Gasteiger partial charge in [-0.2, -0.15) is 27.0 Å². The number of ether oxygens (including phenoxy) is 2. The molecule has 17 heteroatoms. The van der Waals surface area contributed by atoms with Crippen molar-refractivity contribution in [3.05, 3.63) is 120 Å². The van der Waals surface area contributed by atoms with Gasteiger partial charge < -0.3 is 14.9 Å². The first kappa shape index (κ1) is 42.5. The molecule has 286 valence electrons. The Morgan fingerprint density at radius 2 is 1.17 bits per heavy atom. The highest BCUT2D eigenvalue weighted by Gasteiger charge is 2.28. The van der Waals surface area contributed by atoms with Gasteiger partial charge in [0.25, 0.3) is 20.0 Å². The second-order valence-electron chi connectivity index (χ2n) is 11.1. The number of hydrazone groups is 2. The first-order valence-corrected chi connectivity index (χ1v) is 22.9. The van der Waals surface area contributed by atoms with Crippen molar-refractivity contribution in [1.82, 2.24) is 10.4 Å². The molecule has 0 bridgehead atoms. The van der Waals surface area contributed by atoms with Crippen LogP contribution in [-0.4, -0.2) is 76.8 Å². The standard InChI is InChI=1S/C18H19N3O3S2.C10H13NO3S3.C9H10N2/c1-24-15-8-10-16(11-9-15)26(22,23)20-18(25-2)21-17(12-13-19-21)14-6-4-3-5-7-14;1-14-8-4-6-9(7-5-8)17(12,13)11-10(15-2)16-3;1-2-4-8(5-3-1)9-6-7-10-11-9/h3-11,13,17H,12H2,1-2H3;4-7H,1-3H3;1-5,7,9,11H,6H2. The number of hydrogen-bond donors (Lipinski definition) is 1. The first-order valence-electron chi connectivity index (χ1n) is 16.3. The lowest BCUT2D eigenvalue weighted by atomic mass is 10.1. The fourth-order valence-corrected chi connectivity index (χ4v) is 9.39. The Morgan fingerprint density at radius 3 is 1.61 bits per heavy atom. The van der Waals surface area contributed by atoms with Crippen LogP contribution in [0.3, 0.4) is 0 Å². The maximum atomic E-state index is 12.7. The van der Waals surface area contributed by atoms with Crippen molar-refractivity contribution in [2.45, 2.75) is 34.7 Å². The van der Waals surface area contributed by atoms with E-state index in [9.17, 15) is 16.8 Å². The number of methoxy groups -OCH3 is 2. The minimum atomic E-state index is -3.84. The van der Waals surface area contributed by atoms with Gasteiger partial charge in [-0.15, -0.1) is 32.3 Å². The molecule has 0 spiro atoms. The molecule has 2 unspecified atom stereocenters. The van der Waals surface area contributed by atoms with Gasteiger partial charge in [0.05, 0.1) is 36.1 Å². The summed E-state index contributed by atoms with van der Waals surface area (Å²) in [6, 6.07) is 32.9. The molecule has 54 heavy (non-hydrogen) atoms. The van der Waals surface area contributed by atoms with Crippen LogP contribution < -0.4 is 14.9 Å². The minimum absolute atomic E-state index is 0.0616. The third kappa shape index (κ3) is 12.1. The first-order chi connectivity index (χ1) is 26.0. The van der Waals surface area contributed by atoms with E-state index >= 15 is 0 Å². The van der Waals surface area contributed by atoms with E-state index in [1.807, 2.05) is 42.6 Å². The predicted molar refractivity (Wildman–Crippen MR) is 225 cm³/mol. The third-order valence-electron chi connectivity index (χ3n) is 7.71. The predicted octanol–water partition coefficient (Wildman–Crippen LogP) is 7.71. The SMILES string of the molecule is C1=NNC(c2ccccc2)C1.COc1ccc(S(=O)(=O)N=C(SC)N2N=CCC2c2ccccc2)cc1.COc1ccc(S(=O)(=O)N=C(SC)SC)cc1. The lowest BCUT2D eigenvalue weighted by Crippen LogP contribution is -2.25. The summed E-state index contributed by atoms with van der Waals surface area (Å²) in [4.78, 5) is 0.281. The molecule has 2 heterocycles. The summed E-state index contributed by atoms with van der Waals surface area (Å²) < 4.78 is 67.5. The molecular formula is C37H42N6O6S5. The van der Waals surface area contributed by atoms with Crippen molar-refractivity contribution < 1.29 is 26.3 Å². The van der Waals surface area contributed by atoms with Crippen molar-refractivity contribution in [3.63, 3.8) is 0 Å². The molecule has 6 rings (SSSR count). The van der Waals surface area contributed by atoms with E-state index < -0.39 is 20.0 Å². The van der Waals surface area contributed by atoms with Crippen molar-refractivity contribution in [1.29, 1.82) is 0 Å². The van der Waals surface area contributed by atoms with Crippen LogP contribution >= 0.6 is 35.3 Å². The zero-order valence-electron chi connectivity index (χ0n) is 30.3. The Balaban J connectivity index is 0.000000198. The molecular weight excluding hydrogens is 785 g/mol. The number of sulfonamides is 2. The molecule has 12 nitrogen and oxygen atoms in total. The van der Waals surface area contributed by atoms with Crippen molar-refractivity contribution >= 4 is 77.3 Å². The number of nitrogens with one attached hydrogen (secondary N) is 1. The quantitative estimate of drug-likeness (QED) is 0.137. The average Bonchev–Trinajstić information content (AvgIpc) is 3.94. The van der Waals surface area contributed by atoms with E-state index in [4.69, 9.17) is 9.47 Å². The van der Waals surface area contributed by atoms with Gasteiger partial charge in [0.2, 0.25) is 0 Å². The second kappa shape index (κ2) is 21.0. The van der Waals surface area contributed by atoms with Gasteiger partial charge in [0, 0.05) is 25.3 Å². The van der Waals surface area contributed by atoms with Crippen LogP contribution in [0.2, 0.25) is 0 Å². The highest BCUT2D eigenvalue weighted by Crippen LogP contribution is 2.31. The molecule has 4 aromatic rings. The minimum Gasteiger partial charge on any atom is -0.497 e. The number of nitrogens with zero attached hydrogens (tertiary/aromatic N) is 5. The number of rotatable bonds is 8. The highest BCUT2D eigenvalue weighted by molar-refractivity contribution is 8.38. The second-order valence-corrected chi connectivity index (χ2v) is 16.9. The maximum Gasteiger partial charge on any atom is 0.284 e. The van der Waals surface area contributed by atoms with Gasteiger partial charge in [0.15, 0.2) is 5.17 Å². The zero-order valence-corrected chi connectivity index (χ0v) is 34.4. The number of benzene rings is 4. The van der Waals surface area contributed by atoms with Gasteiger partial charge in [-0.05, 0) is 78.4 Å². The van der Waals surface area contributed by atoms with Crippen LogP contribution in [0.25, 0.3) is 0 Å². The van der Waals surface area contributed by atoms with E-state index in [-0.39, 0.29) is 15.8 Å². The smallest absolute Gasteiger partial charge is 0.284 e. The summed E-state index contributed by atoms with van der Waals surface area (Å²) in [6.45, 7) is 0. The van der Waals surface area contributed by atoms with Crippen LogP contribution in [0.5, 0.6) is 11.5 Å². The molecule has 0 amide bonds. The fraction of sp³-hybridized carbons (Fsp3) is 0.243. The Labute approximate surface area is 330 Å². The van der Waals surface area contributed by atoms with Crippen LogP contribution in [-0.2, 0) is 20.0 Å². The van der Waals surface area contributed by atoms with E-state index in [1.54, 1.807) is 54.3 Å². The Kier molecular flexibility index (Phi) is 16.5. The van der Waals surface area contributed by atoms with E-state index in [1.165, 1.54) is 79.3 Å². The number of hydrogen-bond acceptors (Lipinski definition) is 12. The molecule has 2 atom stereocenters. The van der Waals surface area contributed by atoms with Crippen LogP contribution in [0, 0.1) is 0 Å². The van der Waals surface area contributed by atoms with Crippen molar-refractivity contribution in [3.8, 4) is 11.5 Å². The van der Waals surface area contributed by atoms with Crippen LogP contribution in [0.15, 0.2) is 138 Å². The molecule has 0 saturated heterocycles. The van der Waals surface area contributed by atoms with Gasteiger partial charge in [-0.1, -0.05) is 72.4 Å². The molecule has 0 aromatic heterocycles. The molecule has 2 aliphatic heterocycles. The van der Waals surface area contributed by atoms with Gasteiger partial charge in [-0.3, -0.25) is 0 Å². The largest absolute Gasteiger partial charge is 0.497 e. The van der Waals surface area contributed by atoms with Gasteiger partial charge >= 0.3 is 0 Å². The highest BCUT2D eigenvalue weighted by atomic mass is 32.2. The Morgan fingerprint density at radius 1 is 0.667 bits per heavy atom. The zero-order chi connectivity index (χ0) is 39.0. The third-order valence-corrected chi connectivity index (χ3v) is 13.2. The molecule has 0 saturated carbocycles. The van der Waals surface area contributed by atoms with E-state index in [0.29, 0.717) is 33.5 Å². The van der Waals surface area contributed by atoms with E-state index in [0.717, 1.165) is 12.0 Å². The number of thioether (sulfide) groups is 3. The van der Waals surface area contributed by atoms with Gasteiger partial charge in [-0.25, -0.2) is 5.01 Å². The summed E-state index contributed by atoms with van der Waals surface area (Å²) >= 11 is 3.87. The van der Waals surface area contributed by atoms with E-state index in [2.05, 4.69) is 48.7 Å². The molecule has 0 radical (unpaired) electrons. The lowest BCUT2D eigenvalue weighted by molar-refractivity contribution is 0.377. The average molecular weight is 827 g/mol. The van der Waals surface area contributed by atoms with Crippen molar-refractivity contribution in [2.24, 2.45) is 19.0 Å². The fourth-order valence-electron chi connectivity index (χ4n) is 4.93. The van der Waals surface area contributed by atoms with Crippen LogP contribution in [0.1, 0.15) is 36.1 Å². The molecule has 0 fully saturated rings. The summed E-state index contributed by atoms with van der Waals surface area (Å²) in [7, 11) is -4.40. The molecule has 1 N–H and O–H groups in total. The van der Waals surface area contributed by atoms with Crippen molar-refractivity contribution in [2.75, 3.05) is 33.0 Å². The Bertz CT molecular complexity index is 2100. The summed E-state index contributed by atoms with van der Waals surface area (Å²) in [5.41, 5.74) is 5.42. The number of amidine groups is 1. The van der Waals surface area contributed by atoms with Gasteiger partial charge in [0.1, 0.15) is 15.9 Å². The maximum absolute atomic E-state index is 12.7. The molecule has 0 aliphatic carbocycles. The monoisotopic (exact) mass is 826 g/mol. The topological polar surface area (TPSA) is 151 Å². The Hall–Kier alpha value is -4.29. The normalized spacial score (nSPS) is 16.3. The summed E-state index contributed by atoms with van der Waals surface area (Å²) in [5, 5.41) is 10.3. The lowest BCUT2D eigenvalue weighted by Gasteiger charge is -2.24. The van der Waals surface area contributed by atoms with Crippen LogP contribution in [0.4, 0.5) is 0 Å².